The Morgan fingerprint density at radius 3 is 2.50 bits per heavy atom. The summed E-state index contributed by atoms with van der Waals surface area (Å²) >= 11 is 0. The third kappa shape index (κ3) is 3.58. The van der Waals surface area contributed by atoms with Gasteiger partial charge in [0.15, 0.2) is 0 Å². The molecule has 0 atom stereocenters. The molecule has 1 saturated heterocycles. The van der Waals surface area contributed by atoms with Crippen LogP contribution in [0.4, 0.5) is 5.69 Å². The van der Waals surface area contributed by atoms with Crippen molar-refractivity contribution in [3.8, 4) is 0 Å². The molecule has 18 heavy (non-hydrogen) atoms. The van der Waals surface area contributed by atoms with E-state index in [0.717, 1.165) is 18.7 Å². The SMILES string of the molecule is CC(=O)ON=Cc1ccc(N2CCCCC2)cc1. The van der Waals surface area contributed by atoms with Gasteiger partial charge >= 0.3 is 5.97 Å². The standard InChI is InChI=1S/C14H18N2O2/c1-12(17)18-15-11-13-5-7-14(8-6-13)16-9-3-2-4-10-16/h5-8,11H,2-4,9-10H2,1H3. The second-order valence-corrected chi connectivity index (χ2v) is 4.46. The van der Waals surface area contributed by atoms with Crippen LogP contribution in [0.2, 0.25) is 0 Å². The average Bonchev–Trinajstić information content (AvgIpc) is 2.40. The van der Waals surface area contributed by atoms with E-state index < -0.39 is 5.97 Å². The number of carbonyl (C=O) groups is 1. The summed E-state index contributed by atoms with van der Waals surface area (Å²) in [6.07, 6.45) is 5.43. The summed E-state index contributed by atoms with van der Waals surface area (Å²) in [5.41, 5.74) is 2.18. The highest BCUT2D eigenvalue weighted by Crippen LogP contribution is 2.19. The topological polar surface area (TPSA) is 41.9 Å². The van der Waals surface area contributed by atoms with Crippen LogP contribution in [0.5, 0.6) is 0 Å². The van der Waals surface area contributed by atoms with E-state index in [4.69, 9.17) is 0 Å². The third-order valence-electron chi connectivity index (χ3n) is 3.00. The molecule has 0 aliphatic carbocycles. The lowest BCUT2D eigenvalue weighted by Gasteiger charge is -2.28. The summed E-state index contributed by atoms with van der Waals surface area (Å²) in [5, 5.41) is 3.60. The summed E-state index contributed by atoms with van der Waals surface area (Å²) in [4.78, 5) is 17.5. The highest BCUT2D eigenvalue weighted by molar-refractivity contribution is 5.80. The number of carbonyl (C=O) groups excluding carboxylic acids is 1. The van der Waals surface area contributed by atoms with E-state index in [9.17, 15) is 4.79 Å². The molecule has 0 aromatic heterocycles. The summed E-state index contributed by atoms with van der Waals surface area (Å²) in [7, 11) is 0. The molecule has 1 aromatic carbocycles. The molecule has 0 bridgehead atoms. The van der Waals surface area contributed by atoms with Gasteiger partial charge in [0.1, 0.15) is 0 Å². The van der Waals surface area contributed by atoms with Gasteiger partial charge in [-0.2, -0.15) is 0 Å². The molecule has 0 saturated carbocycles. The summed E-state index contributed by atoms with van der Waals surface area (Å²) in [5.74, 6) is -0.406. The fraction of sp³-hybridized carbons (Fsp3) is 0.429. The van der Waals surface area contributed by atoms with Gasteiger partial charge in [0.05, 0.1) is 6.21 Å². The average molecular weight is 246 g/mol. The Hall–Kier alpha value is -1.84. The van der Waals surface area contributed by atoms with E-state index in [0.29, 0.717) is 0 Å². The molecule has 1 fully saturated rings. The van der Waals surface area contributed by atoms with Gasteiger partial charge in [-0.05, 0) is 37.0 Å². The maximum Gasteiger partial charge on any atom is 0.331 e. The van der Waals surface area contributed by atoms with Crippen molar-refractivity contribution < 1.29 is 9.63 Å². The van der Waals surface area contributed by atoms with Gasteiger partial charge < -0.3 is 9.74 Å². The number of hydrogen-bond donors (Lipinski definition) is 0. The molecule has 0 unspecified atom stereocenters. The predicted molar refractivity (Wildman–Crippen MR) is 71.9 cm³/mol. The van der Waals surface area contributed by atoms with Crippen molar-refractivity contribution in [3.05, 3.63) is 29.8 Å². The van der Waals surface area contributed by atoms with Crippen LogP contribution in [0.25, 0.3) is 0 Å². The number of hydrogen-bond acceptors (Lipinski definition) is 4. The predicted octanol–water partition coefficient (Wildman–Crippen LogP) is 2.57. The van der Waals surface area contributed by atoms with Gasteiger partial charge in [0.25, 0.3) is 0 Å². The maximum atomic E-state index is 10.6. The molecule has 0 radical (unpaired) electrons. The number of nitrogens with zero attached hydrogens (tertiary/aromatic N) is 2. The van der Waals surface area contributed by atoms with E-state index >= 15 is 0 Å². The number of oxime groups is 1. The van der Waals surface area contributed by atoms with E-state index in [-0.39, 0.29) is 0 Å². The van der Waals surface area contributed by atoms with Crippen LogP contribution in [0, 0.1) is 0 Å². The van der Waals surface area contributed by atoms with Crippen LogP contribution >= 0.6 is 0 Å². The Balaban J connectivity index is 1.96. The van der Waals surface area contributed by atoms with E-state index in [1.54, 1.807) is 6.21 Å². The lowest BCUT2D eigenvalue weighted by molar-refractivity contribution is -0.140. The highest BCUT2D eigenvalue weighted by atomic mass is 16.7. The van der Waals surface area contributed by atoms with Gasteiger partial charge in [-0.15, -0.1) is 0 Å². The monoisotopic (exact) mass is 246 g/mol. The van der Waals surface area contributed by atoms with Crippen molar-refractivity contribution in [2.45, 2.75) is 26.2 Å². The minimum absolute atomic E-state index is 0.406. The van der Waals surface area contributed by atoms with Crippen molar-refractivity contribution in [3.63, 3.8) is 0 Å². The maximum absolute atomic E-state index is 10.6. The summed E-state index contributed by atoms with van der Waals surface area (Å²) in [6, 6.07) is 8.13. The molecule has 1 aliphatic heterocycles. The Morgan fingerprint density at radius 1 is 1.22 bits per heavy atom. The highest BCUT2D eigenvalue weighted by Gasteiger charge is 2.10. The molecular formula is C14H18N2O2. The third-order valence-corrected chi connectivity index (χ3v) is 3.00. The Bertz CT molecular complexity index is 420. The first-order valence-corrected chi connectivity index (χ1v) is 6.32. The van der Waals surface area contributed by atoms with Crippen molar-refractivity contribution >= 4 is 17.9 Å². The van der Waals surface area contributed by atoms with Gasteiger partial charge in [-0.1, -0.05) is 17.3 Å². The first-order valence-electron chi connectivity index (χ1n) is 6.32. The zero-order valence-corrected chi connectivity index (χ0v) is 10.6. The molecule has 96 valence electrons. The molecule has 4 nitrogen and oxygen atoms in total. The molecule has 0 amide bonds. The fourth-order valence-corrected chi connectivity index (χ4v) is 2.08. The molecule has 4 heteroatoms. The minimum atomic E-state index is -0.406. The molecule has 1 heterocycles. The molecule has 0 N–H and O–H groups in total. The Kier molecular flexibility index (Phi) is 4.34. The molecule has 0 spiro atoms. The molecule has 1 aromatic rings. The largest absolute Gasteiger partial charge is 0.372 e. The van der Waals surface area contributed by atoms with Gasteiger partial charge in [0, 0.05) is 25.7 Å². The summed E-state index contributed by atoms with van der Waals surface area (Å²) < 4.78 is 0. The minimum Gasteiger partial charge on any atom is -0.372 e. The quantitative estimate of drug-likeness (QED) is 0.467. The van der Waals surface area contributed by atoms with E-state index in [2.05, 4.69) is 27.0 Å². The van der Waals surface area contributed by atoms with Crippen molar-refractivity contribution in [1.29, 1.82) is 0 Å². The second kappa shape index (κ2) is 6.19. The van der Waals surface area contributed by atoms with Crippen molar-refractivity contribution in [1.82, 2.24) is 0 Å². The van der Waals surface area contributed by atoms with Crippen molar-refractivity contribution in [2.24, 2.45) is 5.16 Å². The van der Waals surface area contributed by atoms with Crippen LogP contribution in [0.3, 0.4) is 0 Å². The molecule has 2 rings (SSSR count). The van der Waals surface area contributed by atoms with Crippen LogP contribution in [-0.4, -0.2) is 25.3 Å². The Morgan fingerprint density at radius 2 is 1.89 bits per heavy atom. The summed E-state index contributed by atoms with van der Waals surface area (Å²) in [6.45, 7) is 3.61. The van der Waals surface area contributed by atoms with Gasteiger partial charge in [0.2, 0.25) is 0 Å². The zero-order valence-electron chi connectivity index (χ0n) is 10.6. The van der Waals surface area contributed by atoms with Crippen LogP contribution in [0.1, 0.15) is 31.7 Å². The zero-order chi connectivity index (χ0) is 12.8. The first-order chi connectivity index (χ1) is 8.75. The Labute approximate surface area is 107 Å². The number of benzene rings is 1. The molecule has 1 aliphatic rings. The normalized spacial score (nSPS) is 15.9. The second-order valence-electron chi connectivity index (χ2n) is 4.46. The molecular weight excluding hydrogens is 228 g/mol. The first kappa shape index (κ1) is 12.6. The van der Waals surface area contributed by atoms with E-state index in [1.807, 2.05) is 12.1 Å². The smallest absolute Gasteiger partial charge is 0.331 e. The number of piperidine rings is 1. The lowest BCUT2D eigenvalue weighted by atomic mass is 10.1. The fourth-order valence-electron chi connectivity index (χ4n) is 2.08. The van der Waals surface area contributed by atoms with Crippen LogP contribution in [0.15, 0.2) is 29.4 Å². The van der Waals surface area contributed by atoms with Gasteiger partial charge in [-0.25, -0.2) is 4.79 Å². The lowest BCUT2D eigenvalue weighted by Crippen LogP contribution is -2.29. The van der Waals surface area contributed by atoms with Crippen LogP contribution < -0.4 is 4.90 Å². The van der Waals surface area contributed by atoms with E-state index in [1.165, 1.54) is 31.9 Å². The number of anilines is 1. The van der Waals surface area contributed by atoms with Crippen LogP contribution in [-0.2, 0) is 9.63 Å². The number of rotatable bonds is 3. The van der Waals surface area contributed by atoms with Gasteiger partial charge in [-0.3, -0.25) is 0 Å². The van der Waals surface area contributed by atoms with Crippen molar-refractivity contribution in [2.75, 3.05) is 18.0 Å².